The van der Waals surface area contributed by atoms with Crippen molar-refractivity contribution in [3.63, 3.8) is 0 Å². The van der Waals surface area contributed by atoms with Gasteiger partial charge < -0.3 is 38.2 Å². The summed E-state index contributed by atoms with van der Waals surface area (Å²) in [5.74, 6) is 3.05. The zero-order valence-electron chi connectivity index (χ0n) is 19.5. The summed E-state index contributed by atoms with van der Waals surface area (Å²) in [7, 11) is 3.17. The van der Waals surface area contributed by atoms with Crippen LogP contribution in [0.4, 0.5) is 0 Å². The van der Waals surface area contributed by atoms with Gasteiger partial charge in [-0.2, -0.15) is 0 Å². The lowest BCUT2D eigenvalue weighted by molar-refractivity contribution is 0.0718. The highest BCUT2D eigenvalue weighted by molar-refractivity contribution is 6.07. The standard InChI is InChI=1S/C25H28N2O7/c1-29-17-10-15-12-27(9-8-26-6-4-3-5-7-26)25(28)16-11-18(30-2)22-24(34-14-32-22)20(16)19(15)23-21(17)31-13-33-23/h10-11H,3-9,12-14H2,1-2H3. The summed E-state index contributed by atoms with van der Waals surface area (Å²) in [5, 5.41) is 0. The van der Waals surface area contributed by atoms with Crippen molar-refractivity contribution in [2.24, 2.45) is 0 Å². The molecule has 0 saturated carbocycles. The van der Waals surface area contributed by atoms with Crippen LogP contribution in [0.15, 0.2) is 12.1 Å². The molecule has 34 heavy (non-hydrogen) atoms. The number of likely N-dealkylation sites (tertiary alicyclic amines) is 1. The molecule has 2 aromatic carbocycles. The maximum atomic E-state index is 14.0. The van der Waals surface area contributed by atoms with Crippen molar-refractivity contribution in [1.82, 2.24) is 9.80 Å². The molecule has 9 nitrogen and oxygen atoms in total. The van der Waals surface area contributed by atoms with E-state index in [9.17, 15) is 4.79 Å². The second-order valence-electron chi connectivity index (χ2n) is 8.87. The predicted octanol–water partition coefficient (Wildman–Crippen LogP) is 3.27. The van der Waals surface area contributed by atoms with Crippen molar-refractivity contribution < 1.29 is 33.2 Å². The molecule has 4 aliphatic heterocycles. The molecule has 0 bridgehead atoms. The van der Waals surface area contributed by atoms with Crippen molar-refractivity contribution in [3.8, 4) is 45.6 Å². The van der Waals surface area contributed by atoms with Crippen LogP contribution >= 0.6 is 0 Å². The average Bonchev–Trinajstić information content (AvgIpc) is 3.54. The first kappa shape index (κ1) is 21.2. The van der Waals surface area contributed by atoms with E-state index < -0.39 is 0 Å². The number of hydrogen-bond donors (Lipinski definition) is 0. The lowest BCUT2D eigenvalue weighted by Crippen LogP contribution is -2.39. The normalized spacial score (nSPS) is 18.4. The molecular weight excluding hydrogens is 440 g/mol. The van der Waals surface area contributed by atoms with Crippen molar-refractivity contribution in [1.29, 1.82) is 0 Å². The molecule has 0 aliphatic carbocycles. The van der Waals surface area contributed by atoms with E-state index in [2.05, 4.69) is 4.90 Å². The van der Waals surface area contributed by atoms with Gasteiger partial charge in [0.05, 0.1) is 19.8 Å². The fourth-order valence-electron chi connectivity index (χ4n) is 5.32. The highest BCUT2D eigenvalue weighted by atomic mass is 16.7. The van der Waals surface area contributed by atoms with E-state index in [4.69, 9.17) is 28.4 Å². The second-order valence-corrected chi connectivity index (χ2v) is 8.87. The molecule has 2 aromatic rings. The number of methoxy groups -OCH3 is 2. The maximum Gasteiger partial charge on any atom is 0.255 e. The third-order valence-corrected chi connectivity index (χ3v) is 7.00. The third-order valence-electron chi connectivity index (χ3n) is 7.00. The number of fused-ring (bicyclic) bond motifs is 7. The van der Waals surface area contributed by atoms with Crippen LogP contribution in [0, 0.1) is 0 Å². The molecule has 1 amide bonds. The number of ether oxygens (including phenoxy) is 6. The van der Waals surface area contributed by atoms with Crippen LogP contribution < -0.4 is 28.4 Å². The topological polar surface area (TPSA) is 78.9 Å². The number of piperidine rings is 1. The zero-order chi connectivity index (χ0) is 23.2. The molecule has 180 valence electrons. The van der Waals surface area contributed by atoms with E-state index in [0.29, 0.717) is 58.7 Å². The van der Waals surface area contributed by atoms with Crippen LogP contribution in [0.25, 0.3) is 11.1 Å². The van der Waals surface area contributed by atoms with Crippen LogP contribution in [0.1, 0.15) is 35.2 Å². The first-order valence-electron chi connectivity index (χ1n) is 11.7. The Labute approximate surface area is 198 Å². The Morgan fingerprint density at radius 2 is 1.41 bits per heavy atom. The Bertz CT molecular complexity index is 1140. The van der Waals surface area contributed by atoms with Gasteiger partial charge in [-0.05, 0) is 43.6 Å². The van der Waals surface area contributed by atoms with Gasteiger partial charge in [-0.1, -0.05) is 6.42 Å². The number of carbonyl (C=O) groups is 1. The van der Waals surface area contributed by atoms with E-state index in [1.807, 2.05) is 11.0 Å². The summed E-state index contributed by atoms with van der Waals surface area (Å²) in [6.07, 6.45) is 3.70. The second kappa shape index (κ2) is 8.47. The molecule has 0 aromatic heterocycles. The van der Waals surface area contributed by atoms with Crippen LogP contribution in [-0.4, -0.2) is 69.7 Å². The first-order chi connectivity index (χ1) is 16.7. The molecule has 0 N–H and O–H groups in total. The molecule has 0 spiro atoms. The van der Waals surface area contributed by atoms with Gasteiger partial charge in [0.2, 0.25) is 25.1 Å². The first-order valence-corrected chi connectivity index (χ1v) is 11.7. The number of rotatable bonds is 5. The SMILES string of the molecule is COc1cc2c(c3c1OCO3)-c1c(cc(OC)c3c1OCO3)C(=O)N(CCN1CCCCC1)C2. The Morgan fingerprint density at radius 3 is 2.09 bits per heavy atom. The van der Waals surface area contributed by atoms with Crippen LogP contribution in [0.5, 0.6) is 34.5 Å². The highest BCUT2D eigenvalue weighted by Gasteiger charge is 2.39. The summed E-state index contributed by atoms with van der Waals surface area (Å²) in [4.78, 5) is 18.3. The van der Waals surface area contributed by atoms with Crippen molar-refractivity contribution in [3.05, 3.63) is 23.3 Å². The smallest absolute Gasteiger partial charge is 0.255 e. The summed E-state index contributed by atoms with van der Waals surface area (Å²) in [6.45, 7) is 4.16. The fraction of sp³-hybridized carbons (Fsp3) is 0.480. The lowest BCUT2D eigenvalue weighted by Gasteiger charge is -2.30. The Hall–Kier alpha value is -3.33. The van der Waals surface area contributed by atoms with Gasteiger partial charge in [-0.3, -0.25) is 4.79 Å². The predicted molar refractivity (Wildman–Crippen MR) is 122 cm³/mol. The van der Waals surface area contributed by atoms with E-state index in [-0.39, 0.29) is 19.5 Å². The van der Waals surface area contributed by atoms with E-state index in [1.54, 1.807) is 20.3 Å². The molecule has 0 atom stereocenters. The van der Waals surface area contributed by atoms with Crippen molar-refractivity contribution in [2.45, 2.75) is 25.8 Å². The van der Waals surface area contributed by atoms with Gasteiger partial charge >= 0.3 is 0 Å². The van der Waals surface area contributed by atoms with E-state index >= 15 is 0 Å². The maximum absolute atomic E-state index is 14.0. The Balaban J connectivity index is 1.51. The molecule has 4 heterocycles. The largest absolute Gasteiger partial charge is 0.493 e. The summed E-state index contributed by atoms with van der Waals surface area (Å²) in [6, 6.07) is 3.69. The summed E-state index contributed by atoms with van der Waals surface area (Å²) in [5.41, 5.74) is 2.84. The molecule has 9 heteroatoms. The molecule has 0 unspecified atom stereocenters. The zero-order valence-corrected chi connectivity index (χ0v) is 19.5. The van der Waals surface area contributed by atoms with Gasteiger partial charge in [0.25, 0.3) is 5.91 Å². The number of carbonyl (C=O) groups excluding carboxylic acids is 1. The van der Waals surface area contributed by atoms with Crippen LogP contribution in [0.3, 0.4) is 0 Å². The van der Waals surface area contributed by atoms with Gasteiger partial charge in [-0.15, -0.1) is 0 Å². The summed E-state index contributed by atoms with van der Waals surface area (Å²) < 4.78 is 34.4. The van der Waals surface area contributed by atoms with Gasteiger partial charge in [0.15, 0.2) is 23.0 Å². The van der Waals surface area contributed by atoms with Crippen LogP contribution in [0.2, 0.25) is 0 Å². The molecule has 1 saturated heterocycles. The third kappa shape index (κ3) is 3.29. The van der Waals surface area contributed by atoms with Crippen molar-refractivity contribution in [2.75, 3.05) is 54.0 Å². The van der Waals surface area contributed by atoms with Gasteiger partial charge in [-0.25, -0.2) is 0 Å². The Morgan fingerprint density at radius 1 is 0.794 bits per heavy atom. The molecule has 1 fully saturated rings. The quantitative estimate of drug-likeness (QED) is 0.662. The monoisotopic (exact) mass is 468 g/mol. The Kier molecular flexibility index (Phi) is 5.28. The average molecular weight is 469 g/mol. The number of hydrogen-bond acceptors (Lipinski definition) is 8. The minimum Gasteiger partial charge on any atom is -0.493 e. The van der Waals surface area contributed by atoms with Crippen LogP contribution in [-0.2, 0) is 6.54 Å². The van der Waals surface area contributed by atoms with Gasteiger partial charge in [0.1, 0.15) is 0 Å². The summed E-state index contributed by atoms with van der Waals surface area (Å²) >= 11 is 0. The fourth-order valence-corrected chi connectivity index (χ4v) is 5.32. The number of benzene rings is 2. The molecule has 4 aliphatic rings. The van der Waals surface area contributed by atoms with E-state index in [0.717, 1.165) is 30.8 Å². The van der Waals surface area contributed by atoms with E-state index in [1.165, 1.54) is 19.3 Å². The molecule has 6 rings (SSSR count). The molecule has 0 radical (unpaired) electrons. The number of nitrogens with zero attached hydrogens (tertiary/aromatic N) is 2. The van der Waals surface area contributed by atoms with Gasteiger partial charge in [0, 0.05) is 30.8 Å². The minimum absolute atomic E-state index is 0.0556. The van der Waals surface area contributed by atoms with Crippen molar-refractivity contribution >= 4 is 5.91 Å². The lowest BCUT2D eigenvalue weighted by atomic mass is 9.93. The minimum atomic E-state index is -0.0774. The highest BCUT2D eigenvalue weighted by Crippen LogP contribution is 2.57. The molecular formula is C25H28N2O7. The number of amides is 1.